The summed E-state index contributed by atoms with van der Waals surface area (Å²) in [7, 11) is 0. The Kier molecular flexibility index (Phi) is 5.13. The summed E-state index contributed by atoms with van der Waals surface area (Å²) in [5.74, 6) is -0.658. The van der Waals surface area contributed by atoms with E-state index in [0.29, 0.717) is 0 Å². The molecule has 0 bridgehead atoms. The predicted molar refractivity (Wildman–Crippen MR) is 87.5 cm³/mol. The third-order valence-corrected chi connectivity index (χ3v) is 4.03. The van der Waals surface area contributed by atoms with E-state index >= 15 is 0 Å². The molecular formula is C13H6Cl4N2O3. The van der Waals surface area contributed by atoms with Crippen LogP contribution in [-0.2, 0) is 0 Å². The maximum atomic E-state index is 12.2. The number of carbonyl (C=O) groups is 1. The van der Waals surface area contributed by atoms with E-state index in [4.69, 9.17) is 46.4 Å². The zero-order chi connectivity index (χ0) is 16.4. The Morgan fingerprint density at radius 2 is 1.59 bits per heavy atom. The summed E-state index contributed by atoms with van der Waals surface area (Å²) in [5, 5.41) is 13.9. The summed E-state index contributed by atoms with van der Waals surface area (Å²) < 4.78 is 0. The van der Waals surface area contributed by atoms with Gasteiger partial charge in [-0.1, -0.05) is 46.4 Å². The second kappa shape index (κ2) is 6.71. The minimum Gasteiger partial charge on any atom is -0.321 e. The number of hydrogen-bond donors (Lipinski definition) is 1. The third kappa shape index (κ3) is 3.62. The first-order valence-corrected chi connectivity index (χ1v) is 7.20. The van der Waals surface area contributed by atoms with E-state index < -0.39 is 10.8 Å². The van der Waals surface area contributed by atoms with Gasteiger partial charge in [0.25, 0.3) is 11.6 Å². The Bertz CT molecular complexity index is 780. The Balaban J connectivity index is 2.35. The Labute approximate surface area is 144 Å². The van der Waals surface area contributed by atoms with Gasteiger partial charge in [-0.15, -0.1) is 0 Å². The van der Waals surface area contributed by atoms with Crippen molar-refractivity contribution in [3.63, 3.8) is 0 Å². The summed E-state index contributed by atoms with van der Waals surface area (Å²) in [4.78, 5) is 22.3. The molecule has 2 aromatic rings. The normalized spacial score (nSPS) is 10.4. The summed E-state index contributed by atoms with van der Waals surface area (Å²) in [6.45, 7) is 0. The molecule has 0 aliphatic carbocycles. The summed E-state index contributed by atoms with van der Waals surface area (Å²) >= 11 is 23.5. The van der Waals surface area contributed by atoms with Gasteiger partial charge in [0.2, 0.25) is 0 Å². The topological polar surface area (TPSA) is 72.2 Å². The third-order valence-electron chi connectivity index (χ3n) is 2.66. The number of rotatable bonds is 3. The predicted octanol–water partition coefficient (Wildman–Crippen LogP) is 5.46. The van der Waals surface area contributed by atoms with Gasteiger partial charge in [0.05, 0.1) is 36.3 Å². The second-order valence-corrected chi connectivity index (χ2v) is 5.75. The average molecular weight is 380 g/mol. The highest BCUT2D eigenvalue weighted by molar-refractivity contribution is 6.44. The van der Waals surface area contributed by atoms with Crippen molar-refractivity contribution < 1.29 is 9.72 Å². The highest BCUT2D eigenvalue weighted by atomic mass is 35.5. The fourth-order valence-electron chi connectivity index (χ4n) is 1.61. The highest BCUT2D eigenvalue weighted by Gasteiger charge is 2.17. The zero-order valence-electron chi connectivity index (χ0n) is 10.6. The van der Waals surface area contributed by atoms with Crippen LogP contribution in [0.15, 0.2) is 30.3 Å². The first kappa shape index (κ1) is 16.8. The molecule has 0 saturated carbocycles. The number of nitrogens with zero attached hydrogens (tertiary/aromatic N) is 1. The molecule has 0 unspecified atom stereocenters. The number of carbonyl (C=O) groups excluding carboxylic acids is 1. The molecule has 114 valence electrons. The van der Waals surface area contributed by atoms with Crippen LogP contribution >= 0.6 is 46.4 Å². The largest absolute Gasteiger partial charge is 0.321 e. The molecule has 1 N–H and O–H groups in total. The second-order valence-electron chi connectivity index (χ2n) is 4.12. The molecule has 22 heavy (non-hydrogen) atoms. The number of benzene rings is 2. The molecule has 0 radical (unpaired) electrons. The van der Waals surface area contributed by atoms with Crippen molar-refractivity contribution in [3.8, 4) is 0 Å². The number of halogens is 4. The Morgan fingerprint density at radius 3 is 2.23 bits per heavy atom. The fraction of sp³-hybridized carbons (Fsp3) is 0. The quantitative estimate of drug-likeness (QED) is 0.437. The van der Waals surface area contributed by atoms with Gasteiger partial charge in [-0.3, -0.25) is 14.9 Å². The summed E-state index contributed by atoms with van der Waals surface area (Å²) in [6, 6.07) is 6.28. The van der Waals surface area contributed by atoms with E-state index in [0.717, 1.165) is 6.07 Å². The first-order chi connectivity index (χ1) is 10.3. The number of hydrogen-bond acceptors (Lipinski definition) is 3. The van der Waals surface area contributed by atoms with Crippen molar-refractivity contribution in [1.82, 2.24) is 0 Å². The summed E-state index contributed by atoms with van der Waals surface area (Å²) in [5.41, 5.74) is -0.101. The molecule has 0 fully saturated rings. The number of non-ortho nitro benzene ring substituents is 1. The molecule has 9 heteroatoms. The lowest BCUT2D eigenvalue weighted by Crippen LogP contribution is -2.13. The van der Waals surface area contributed by atoms with Crippen LogP contribution in [0.3, 0.4) is 0 Å². The van der Waals surface area contributed by atoms with Gasteiger partial charge in [-0.05, 0) is 18.2 Å². The highest BCUT2D eigenvalue weighted by Crippen LogP contribution is 2.33. The molecule has 0 saturated heterocycles. The van der Waals surface area contributed by atoms with E-state index in [1.807, 2.05) is 0 Å². The van der Waals surface area contributed by atoms with Crippen LogP contribution in [0.5, 0.6) is 0 Å². The molecule has 2 rings (SSSR count). The lowest BCUT2D eigenvalue weighted by Gasteiger charge is -2.09. The van der Waals surface area contributed by atoms with E-state index in [1.165, 1.54) is 24.3 Å². The van der Waals surface area contributed by atoms with Crippen LogP contribution in [0.4, 0.5) is 11.4 Å². The zero-order valence-corrected chi connectivity index (χ0v) is 13.6. The smallest absolute Gasteiger partial charge is 0.270 e. The molecule has 0 aliphatic rings. The van der Waals surface area contributed by atoms with Gasteiger partial charge in [0.1, 0.15) is 0 Å². The van der Waals surface area contributed by atoms with Gasteiger partial charge in [-0.2, -0.15) is 0 Å². The molecular weight excluding hydrogens is 374 g/mol. The van der Waals surface area contributed by atoms with E-state index in [-0.39, 0.29) is 37.0 Å². The molecule has 0 aromatic heterocycles. The lowest BCUT2D eigenvalue weighted by atomic mass is 10.2. The Hall–Kier alpha value is -1.53. The molecule has 0 atom stereocenters. The van der Waals surface area contributed by atoms with Gasteiger partial charge < -0.3 is 5.32 Å². The van der Waals surface area contributed by atoms with Crippen LogP contribution < -0.4 is 5.32 Å². The monoisotopic (exact) mass is 378 g/mol. The number of nitrogens with one attached hydrogen (secondary N) is 1. The number of nitro groups is 1. The van der Waals surface area contributed by atoms with Crippen LogP contribution in [0.25, 0.3) is 0 Å². The van der Waals surface area contributed by atoms with Crippen molar-refractivity contribution in [2.45, 2.75) is 0 Å². The van der Waals surface area contributed by atoms with Gasteiger partial charge in [0, 0.05) is 12.1 Å². The summed E-state index contributed by atoms with van der Waals surface area (Å²) in [6.07, 6.45) is 0. The van der Waals surface area contributed by atoms with Crippen LogP contribution in [-0.4, -0.2) is 10.8 Å². The van der Waals surface area contributed by atoms with Gasteiger partial charge in [0.15, 0.2) is 0 Å². The fourth-order valence-corrected chi connectivity index (χ4v) is 2.41. The average Bonchev–Trinajstić information content (AvgIpc) is 2.44. The molecule has 0 heterocycles. The molecule has 5 nitrogen and oxygen atoms in total. The van der Waals surface area contributed by atoms with Gasteiger partial charge in [-0.25, -0.2) is 0 Å². The van der Waals surface area contributed by atoms with Crippen molar-refractivity contribution in [3.05, 3.63) is 66.1 Å². The number of nitro benzene ring substituents is 1. The van der Waals surface area contributed by atoms with E-state index in [2.05, 4.69) is 5.32 Å². The SMILES string of the molecule is O=C(Nc1cc(Cl)c(Cl)cc1Cl)c1cc([N+](=O)[O-])ccc1Cl. The van der Waals surface area contributed by atoms with Crippen molar-refractivity contribution in [1.29, 1.82) is 0 Å². The minimum absolute atomic E-state index is 0.0574. The van der Waals surface area contributed by atoms with Crippen LogP contribution in [0.2, 0.25) is 20.1 Å². The van der Waals surface area contributed by atoms with Crippen molar-refractivity contribution >= 4 is 63.7 Å². The Morgan fingerprint density at radius 1 is 0.955 bits per heavy atom. The molecule has 2 aromatic carbocycles. The first-order valence-electron chi connectivity index (χ1n) is 5.69. The number of anilines is 1. The van der Waals surface area contributed by atoms with Crippen LogP contribution in [0, 0.1) is 10.1 Å². The molecule has 1 amide bonds. The maximum absolute atomic E-state index is 12.2. The molecule has 0 aliphatic heterocycles. The minimum atomic E-state index is -0.658. The standard InChI is InChI=1S/C13H6Cl4N2O3/c14-8-2-1-6(19(21)22)3-7(8)13(20)18-12-5-10(16)9(15)4-11(12)17/h1-5H,(H,18,20). The number of amides is 1. The van der Waals surface area contributed by atoms with E-state index in [9.17, 15) is 14.9 Å². The maximum Gasteiger partial charge on any atom is 0.270 e. The van der Waals surface area contributed by atoms with Crippen molar-refractivity contribution in [2.75, 3.05) is 5.32 Å². The lowest BCUT2D eigenvalue weighted by molar-refractivity contribution is -0.384. The van der Waals surface area contributed by atoms with E-state index in [1.54, 1.807) is 0 Å². The van der Waals surface area contributed by atoms with Crippen LogP contribution in [0.1, 0.15) is 10.4 Å². The molecule has 0 spiro atoms. The van der Waals surface area contributed by atoms with Crippen molar-refractivity contribution in [2.24, 2.45) is 0 Å². The van der Waals surface area contributed by atoms with Gasteiger partial charge >= 0.3 is 0 Å².